The first-order valence-electron chi connectivity index (χ1n) is 9.43. The van der Waals surface area contributed by atoms with Gasteiger partial charge < -0.3 is 4.90 Å². The van der Waals surface area contributed by atoms with Gasteiger partial charge in [-0.05, 0) is 25.1 Å². The predicted octanol–water partition coefficient (Wildman–Crippen LogP) is 1.57. The Hall–Kier alpha value is -2.84. The molecule has 4 rings (SSSR count). The molecule has 7 nitrogen and oxygen atoms in total. The molecule has 1 aliphatic carbocycles. The maximum atomic E-state index is 12.9. The van der Waals surface area contributed by atoms with E-state index in [0.29, 0.717) is 22.3 Å². The number of hydrogen-bond donors (Lipinski definition) is 0. The van der Waals surface area contributed by atoms with Gasteiger partial charge in [0.05, 0.1) is 5.75 Å². The molecule has 2 aliphatic rings. The largest absolute Gasteiger partial charge is 0.336 e. The zero-order valence-electron chi connectivity index (χ0n) is 15.9. The Morgan fingerprint density at radius 3 is 2.00 bits per heavy atom. The molecule has 0 bridgehead atoms. The summed E-state index contributed by atoms with van der Waals surface area (Å²) in [5.74, 6) is -0.750. The Labute approximate surface area is 169 Å². The summed E-state index contributed by atoms with van der Waals surface area (Å²) < 4.78 is 25.4. The third-order valence-electron chi connectivity index (χ3n) is 5.46. The van der Waals surface area contributed by atoms with Crippen LogP contribution in [-0.4, -0.2) is 67.0 Å². The van der Waals surface area contributed by atoms with Crippen molar-refractivity contribution in [1.82, 2.24) is 9.21 Å². The minimum atomic E-state index is -3.28. The molecule has 8 heteroatoms. The third kappa shape index (κ3) is 3.28. The number of ketones is 2. The fraction of sp³-hybridized carbons (Fsp3) is 0.286. The summed E-state index contributed by atoms with van der Waals surface area (Å²) in [6.07, 6.45) is 0. The van der Waals surface area contributed by atoms with Crippen molar-refractivity contribution in [2.75, 3.05) is 31.9 Å². The summed E-state index contributed by atoms with van der Waals surface area (Å²) in [5.41, 5.74) is 1.55. The molecule has 1 amide bonds. The van der Waals surface area contributed by atoms with Gasteiger partial charge in [0.15, 0.2) is 11.6 Å². The highest BCUT2D eigenvalue weighted by molar-refractivity contribution is 7.89. The molecule has 1 aliphatic heterocycles. The van der Waals surface area contributed by atoms with Crippen LogP contribution in [0.1, 0.15) is 49.1 Å². The molecule has 0 unspecified atom stereocenters. The average Bonchev–Trinajstić information content (AvgIpc) is 2.76. The maximum absolute atomic E-state index is 12.9. The molecule has 2 aromatic rings. The van der Waals surface area contributed by atoms with Crippen molar-refractivity contribution in [3.8, 4) is 0 Å². The Morgan fingerprint density at radius 1 is 0.862 bits per heavy atom. The molecule has 0 N–H and O–H groups in total. The first kappa shape index (κ1) is 19.5. The number of nitrogens with zero attached hydrogens (tertiary/aromatic N) is 2. The van der Waals surface area contributed by atoms with E-state index in [2.05, 4.69) is 0 Å². The summed E-state index contributed by atoms with van der Waals surface area (Å²) in [5, 5.41) is 0. The maximum Gasteiger partial charge on any atom is 0.253 e. The van der Waals surface area contributed by atoms with Crippen molar-refractivity contribution in [3.05, 3.63) is 70.3 Å². The van der Waals surface area contributed by atoms with Crippen LogP contribution < -0.4 is 0 Å². The molecule has 0 radical (unpaired) electrons. The van der Waals surface area contributed by atoms with Gasteiger partial charge in [-0.15, -0.1) is 0 Å². The van der Waals surface area contributed by atoms with Crippen molar-refractivity contribution < 1.29 is 22.8 Å². The normalized spacial score (nSPS) is 17.1. The minimum Gasteiger partial charge on any atom is -0.336 e. The third-order valence-corrected chi connectivity index (χ3v) is 7.34. The van der Waals surface area contributed by atoms with E-state index in [4.69, 9.17) is 0 Å². The molecule has 150 valence electrons. The summed E-state index contributed by atoms with van der Waals surface area (Å²) in [6.45, 7) is 2.65. The van der Waals surface area contributed by atoms with Gasteiger partial charge in [-0.2, -0.15) is 4.31 Å². The van der Waals surface area contributed by atoms with Gasteiger partial charge in [0.1, 0.15) is 0 Å². The Bertz CT molecular complexity index is 1130. The monoisotopic (exact) mass is 412 g/mol. The summed E-state index contributed by atoms with van der Waals surface area (Å²) in [4.78, 5) is 40.0. The van der Waals surface area contributed by atoms with Crippen LogP contribution in [0.5, 0.6) is 0 Å². The number of sulfonamides is 1. The number of carbonyl (C=O) groups excluding carboxylic acids is 3. The molecular weight excluding hydrogens is 392 g/mol. The number of rotatable bonds is 3. The topological polar surface area (TPSA) is 91.8 Å². The molecule has 2 aromatic carbocycles. The van der Waals surface area contributed by atoms with Crippen LogP contribution in [0.15, 0.2) is 42.5 Å². The smallest absolute Gasteiger partial charge is 0.253 e. The first-order valence-corrected chi connectivity index (χ1v) is 11.0. The molecule has 1 saturated heterocycles. The molecule has 0 saturated carbocycles. The number of hydrogen-bond acceptors (Lipinski definition) is 5. The van der Waals surface area contributed by atoms with Crippen LogP contribution in [0.25, 0.3) is 0 Å². The van der Waals surface area contributed by atoms with E-state index in [1.54, 1.807) is 42.2 Å². The number of piperazine rings is 1. The van der Waals surface area contributed by atoms with Crippen LogP contribution in [-0.2, 0) is 10.0 Å². The quantitative estimate of drug-likeness (QED) is 0.651. The molecule has 1 heterocycles. The molecule has 0 atom stereocenters. The molecule has 29 heavy (non-hydrogen) atoms. The molecule has 0 aromatic heterocycles. The first-order chi connectivity index (χ1) is 13.8. The lowest BCUT2D eigenvalue weighted by Gasteiger charge is -2.34. The fourth-order valence-electron chi connectivity index (χ4n) is 3.77. The van der Waals surface area contributed by atoms with Gasteiger partial charge >= 0.3 is 0 Å². The van der Waals surface area contributed by atoms with Gasteiger partial charge in [0.2, 0.25) is 10.0 Å². The average molecular weight is 412 g/mol. The van der Waals surface area contributed by atoms with Crippen molar-refractivity contribution in [1.29, 1.82) is 0 Å². The van der Waals surface area contributed by atoms with E-state index < -0.39 is 10.0 Å². The van der Waals surface area contributed by atoms with E-state index in [0.717, 1.165) is 0 Å². The lowest BCUT2D eigenvalue weighted by molar-refractivity contribution is 0.0697. The molecule has 1 fully saturated rings. The highest BCUT2D eigenvalue weighted by atomic mass is 32.2. The highest BCUT2D eigenvalue weighted by Gasteiger charge is 2.32. The van der Waals surface area contributed by atoms with E-state index >= 15 is 0 Å². The van der Waals surface area contributed by atoms with E-state index in [9.17, 15) is 22.8 Å². The minimum absolute atomic E-state index is 0.0311. The Balaban J connectivity index is 1.58. The SMILES string of the molecule is CCS(=O)(=O)N1CCN(C(=O)c2ccc3c(c2)C(=O)c2ccccc2C3=O)CC1. The fourth-order valence-corrected chi connectivity index (χ4v) is 4.85. The van der Waals surface area contributed by atoms with Crippen LogP contribution in [0.2, 0.25) is 0 Å². The van der Waals surface area contributed by atoms with Crippen molar-refractivity contribution >= 4 is 27.5 Å². The zero-order chi connectivity index (χ0) is 20.8. The standard InChI is InChI=1S/C21H20N2O5S/c1-2-29(27,28)23-11-9-22(10-12-23)21(26)14-7-8-17-18(13-14)20(25)16-6-4-3-5-15(16)19(17)24/h3-8,13H,2,9-12H2,1H3. The predicted molar refractivity (Wildman–Crippen MR) is 107 cm³/mol. The van der Waals surface area contributed by atoms with Crippen LogP contribution in [0, 0.1) is 0 Å². The van der Waals surface area contributed by atoms with Gasteiger partial charge in [-0.25, -0.2) is 8.42 Å². The van der Waals surface area contributed by atoms with Crippen molar-refractivity contribution in [2.45, 2.75) is 6.92 Å². The van der Waals surface area contributed by atoms with Crippen molar-refractivity contribution in [3.63, 3.8) is 0 Å². The van der Waals surface area contributed by atoms with Gasteiger partial charge in [-0.3, -0.25) is 14.4 Å². The van der Waals surface area contributed by atoms with E-state index in [1.807, 2.05) is 0 Å². The van der Waals surface area contributed by atoms with Crippen LogP contribution in [0.4, 0.5) is 0 Å². The van der Waals surface area contributed by atoms with Crippen LogP contribution >= 0.6 is 0 Å². The van der Waals surface area contributed by atoms with Gasteiger partial charge in [-0.1, -0.05) is 24.3 Å². The number of fused-ring (bicyclic) bond motifs is 2. The summed E-state index contributed by atoms with van der Waals surface area (Å²) in [7, 11) is -3.28. The summed E-state index contributed by atoms with van der Waals surface area (Å²) in [6, 6.07) is 11.2. The number of carbonyl (C=O) groups is 3. The number of amides is 1. The lowest BCUT2D eigenvalue weighted by Crippen LogP contribution is -2.50. The molecule has 0 spiro atoms. The lowest BCUT2D eigenvalue weighted by atomic mass is 9.83. The van der Waals surface area contributed by atoms with E-state index in [-0.39, 0.29) is 55.0 Å². The van der Waals surface area contributed by atoms with E-state index in [1.165, 1.54) is 16.4 Å². The highest BCUT2D eigenvalue weighted by Crippen LogP contribution is 2.28. The van der Waals surface area contributed by atoms with Gasteiger partial charge in [0, 0.05) is 54.0 Å². The van der Waals surface area contributed by atoms with Gasteiger partial charge in [0.25, 0.3) is 5.91 Å². The van der Waals surface area contributed by atoms with Crippen molar-refractivity contribution in [2.24, 2.45) is 0 Å². The molecular formula is C21H20N2O5S. The summed E-state index contributed by atoms with van der Waals surface area (Å²) >= 11 is 0. The Kier molecular flexibility index (Phi) is 4.84. The second-order valence-electron chi connectivity index (χ2n) is 7.06. The second kappa shape index (κ2) is 7.20. The number of benzene rings is 2. The second-order valence-corrected chi connectivity index (χ2v) is 9.31. The Morgan fingerprint density at radius 2 is 1.41 bits per heavy atom. The van der Waals surface area contributed by atoms with Crippen LogP contribution in [0.3, 0.4) is 0 Å². The zero-order valence-corrected chi connectivity index (χ0v) is 16.7.